The van der Waals surface area contributed by atoms with Crippen LogP contribution >= 0.6 is 0 Å². The number of pyridine rings is 2. The third-order valence-electron chi connectivity index (χ3n) is 2.65. The zero-order valence-corrected chi connectivity index (χ0v) is 7.33. The largest absolute Gasteiger partial charge is 0.262 e. The highest BCUT2D eigenvalue weighted by atomic mass is 14.7. The molecule has 2 nitrogen and oxygen atoms in total. The van der Waals surface area contributed by atoms with Crippen molar-refractivity contribution in [1.82, 2.24) is 9.97 Å². The van der Waals surface area contributed by atoms with Crippen molar-refractivity contribution in [2.75, 3.05) is 0 Å². The summed E-state index contributed by atoms with van der Waals surface area (Å²) >= 11 is 0. The first kappa shape index (κ1) is 7.01. The van der Waals surface area contributed by atoms with Gasteiger partial charge in [-0.05, 0) is 37.0 Å². The zero-order valence-electron chi connectivity index (χ0n) is 7.33. The molecule has 0 amide bonds. The van der Waals surface area contributed by atoms with Gasteiger partial charge in [-0.2, -0.15) is 0 Å². The summed E-state index contributed by atoms with van der Waals surface area (Å²) < 4.78 is 0. The molecule has 0 saturated carbocycles. The van der Waals surface area contributed by atoms with Crippen LogP contribution in [0.25, 0.3) is 10.9 Å². The molecule has 1 aliphatic carbocycles. The molecule has 0 aromatic carbocycles. The molecule has 2 aromatic heterocycles. The van der Waals surface area contributed by atoms with Gasteiger partial charge < -0.3 is 0 Å². The molecule has 0 spiro atoms. The minimum Gasteiger partial charge on any atom is -0.262 e. The standard InChI is InChI=1S/C11H10N2/c1-2-8-6-9-4-5-12-7-11(9)13-10(8)3-1/h4-7H,1-3H2. The summed E-state index contributed by atoms with van der Waals surface area (Å²) in [7, 11) is 0. The maximum Gasteiger partial charge on any atom is 0.0888 e. The zero-order chi connectivity index (χ0) is 8.67. The van der Waals surface area contributed by atoms with E-state index < -0.39 is 0 Å². The normalized spacial score (nSPS) is 14.8. The Morgan fingerprint density at radius 1 is 1.23 bits per heavy atom. The fourth-order valence-corrected chi connectivity index (χ4v) is 1.98. The fourth-order valence-electron chi connectivity index (χ4n) is 1.98. The van der Waals surface area contributed by atoms with Gasteiger partial charge in [-0.15, -0.1) is 0 Å². The fraction of sp³-hybridized carbons (Fsp3) is 0.273. The molecule has 0 fully saturated rings. The summed E-state index contributed by atoms with van der Waals surface area (Å²) in [6, 6.07) is 4.28. The Morgan fingerprint density at radius 3 is 3.23 bits per heavy atom. The van der Waals surface area contributed by atoms with Gasteiger partial charge in [0.05, 0.1) is 11.7 Å². The SMILES string of the molecule is c1cc2cc3c(nc2cn1)CCC3. The van der Waals surface area contributed by atoms with E-state index >= 15 is 0 Å². The molecule has 0 bridgehead atoms. The summed E-state index contributed by atoms with van der Waals surface area (Å²) in [4.78, 5) is 8.67. The molecule has 0 radical (unpaired) electrons. The molecule has 0 unspecified atom stereocenters. The van der Waals surface area contributed by atoms with Crippen molar-refractivity contribution >= 4 is 10.9 Å². The second-order valence-corrected chi connectivity index (χ2v) is 3.52. The summed E-state index contributed by atoms with van der Waals surface area (Å²) in [5.74, 6) is 0. The first-order chi connectivity index (χ1) is 6.43. The van der Waals surface area contributed by atoms with Crippen molar-refractivity contribution in [3.8, 4) is 0 Å². The van der Waals surface area contributed by atoms with Gasteiger partial charge in [-0.3, -0.25) is 9.97 Å². The maximum atomic E-state index is 4.59. The third kappa shape index (κ3) is 1.02. The third-order valence-corrected chi connectivity index (χ3v) is 2.65. The van der Waals surface area contributed by atoms with Gasteiger partial charge in [-0.25, -0.2) is 0 Å². The molecule has 1 aliphatic rings. The first-order valence-electron chi connectivity index (χ1n) is 4.66. The van der Waals surface area contributed by atoms with Gasteiger partial charge in [0.15, 0.2) is 0 Å². The van der Waals surface area contributed by atoms with Gasteiger partial charge >= 0.3 is 0 Å². The van der Waals surface area contributed by atoms with E-state index in [-0.39, 0.29) is 0 Å². The van der Waals surface area contributed by atoms with Crippen LogP contribution < -0.4 is 0 Å². The molecule has 0 aliphatic heterocycles. The van der Waals surface area contributed by atoms with Crippen LogP contribution in [0, 0.1) is 0 Å². The Hall–Kier alpha value is -1.44. The van der Waals surface area contributed by atoms with Crippen molar-refractivity contribution in [3.05, 3.63) is 35.8 Å². The quantitative estimate of drug-likeness (QED) is 0.605. The van der Waals surface area contributed by atoms with Crippen LogP contribution in [0.4, 0.5) is 0 Å². The lowest BCUT2D eigenvalue weighted by atomic mass is 10.1. The topological polar surface area (TPSA) is 25.8 Å². The van der Waals surface area contributed by atoms with Gasteiger partial charge in [0, 0.05) is 17.3 Å². The average Bonchev–Trinajstić information content (AvgIpc) is 2.61. The maximum absolute atomic E-state index is 4.59. The van der Waals surface area contributed by atoms with Gasteiger partial charge in [0.25, 0.3) is 0 Å². The second kappa shape index (κ2) is 2.52. The van der Waals surface area contributed by atoms with E-state index in [2.05, 4.69) is 16.0 Å². The summed E-state index contributed by atoms with van der Waals surface area (Å²) in [5, 5.41) is 1.22. The highest BCUT2D eigenvalue weighted by molar-refractivity contribution is 5.78. The molecular weight excluding hydrogens is 160 g/mol. The predicted molar refractivity (Wildman–Crippen MR) is 51.6 cm³/mol. The van der Waals surface area contributed by atoms with Gasteiger partial charge in [-0.1, -0.05) is 0 Å². The summed E-state index contributed by atoms with van der Waals surface area (Å²) in [6.07, 6.45) is 7.26. The Balaban J connectivity index is 2.36. The van der Waals surface area contributed by atoms with E-state index in [9.17, 15) is 0 Å². The monoisotopic (exact) mass is 170 g/mol. The van der Waals surface area contributed by atoms with E-state index in [1.165, 1.54) is 29.5 Å². The number of hydrogen-bond donors (Lipinski definition) is 0. The average molecular weight is 170 g/mol. The molecule has 2 heteroatoms. The molecule has 2 aromatic rings. The Kier molecular flexibility index (Phi) is 1.36. The van der Waals surface area contributed by atoms with Crippen molar-refractivity contribution in [3.63, 3.8) is 0 Å². The Morgan fingerprint density at radius 2 is 2.23 bits per heavy atom. The number of aromatic nitrogens is 2. The van der Waals surface area contributed by atoms with Crippen LogP contribution in [0.3, 0.4) is 0 Å². The Labute approximate surface area is 76.6 Å². The van der Waals surface area contributed by atoms with Crippen LogP contribution in [0.5, 0.6) is 0 Å². The van der Waals surface area contributed by atoms with Gasteiger partial charge in [0.2, 0.25) is 0 Å². The molecule has 0 saturated heterocycles. The summed E-state index contributed by atoms with van der Waals surface area (Å²) in [6.45, 7) is 0. The number of fused-ring (bicyclic) bond motifs is 2. The summed E-state index contributed by atoms with van der Waals surface area (Å²) in [5.41, 5.74) is 3.74. The molecule has 3 rings (SSSR count). The lowest BCUT2D eigenvalue weighted by Crippen LogP contribution is -1.89. The minimum absolute atomic E-state index is 1.03. The van der Waals surface area contributed by atoms with Crippen molar-refractivity contribution in [2.24, 2.45) is 0 Å². The second-order valence-electron chi connectivity index (χ2n) is 3.52. The predicted octanol–water partition coefficient (Wildman–Crippen LogP) is 2.12. The minimum atomic E-state index is 1.03. The molecule has 64 valence electrons. The molecule has 13 heavy (non-hydrogen) atoms. The van der Waals surface area contributed by atoms with Crippen LogP contribution in [-0.2, 0) is 12.8 Å². The van der Waals surface area contributed by atoms with E-state index in [0.717, 1.165) is 11.9 Å². The first-order valence-corrected chi connectivity index (χ1v) is 4.66. The highest BCUT2D eigenvalue weighted by Crippen LogP contribution is 2.23. The molecule has 2 heterocycles. The van der Waals surface area contributed by atoms with Crippen molar-refractivity contribution in [2.45, 2.75) is 19.3 Å². The molecule has 0 atom stereocenters. The van der Waals surface area contributed by atoms with Crippen LogP contribution in [0.2, 0.25) is 0 Å². The van der Waals surface area contributed by atoms with E-state index in [4.69, 9.17) is 0 Å². The van der Waals surface area contributed by atoms with E-state index in [0.29, 0.717) is 0 Å². The van der Waals surface area contributed by atoms with Crippen LogP contribution in [-0.4, -0.2) is 9.97 Å². The van der Waals surface area contributed by atoms with Crippen molar-refractivity contribution in [1.29, 1.82) is 0 Å². The number of rotatable bonds is 0. The highest BCUT2D eigenvalue weighted by Gasteiger charge is 2.12. The molecular formula is C11H10N2. The van der Waals surface area contributed by atoms with Crippen LogP contribution in [0.1, 0.15) is 17.7 Å². The van der Waals surface area contributed by atoms with E-state index in [1.54, 1.807) is 0 Å². The van der Waals surface area contributed by atoms with E-state index in [1.807, 2.05) is 18.5 Å². The number of aryl methyl sites for hydroxylation is 2. The number of nitrogens with zero attached hydrogens (tertiary/aromatic N) is 2. The smallest absolute Gasteiger partial charge is 0.0888 e. The molecule has 0 N–H and O–H groups in total. The van der Waals surface area contributed by atoms with Gasteiger partial charge in [0.1, 0.15) is 0 Å². The lowest BCUT2D eigenvalue weighted by molar-refractivity contribution is 0.901. The van der Waals surface area contributed by atoms with Crippen LogP contribution in [0.15, 0.2) is 24.5 Å². The number of hydrogen-bond acceptors (Lipinski definition) is 2. The Bertz CT molecular complexity index is 420. The lowest BCUT2D eigenvalue weighted by Gasteiger charge is -2.00. The van der Waals surface area contributed by atoms with Crippen molar-refractivity contribution < 1.29 is 0 Å².